The summed E-state index contributed by atoms with van der Waals surface area (Å²) in [7, 11) is 0. The molecule has 28 heavy (non-hydrogen) atoms. The highest BCUT2D eigenvalue weighted by atomic mass is 79.9. The quantitative estimate of drug-likeness (QED) is 0.562. The normalized spacial score (nSPS) is 25.0. The van der Waals surface area contributed by atoms with Gasteiger partial charge in [-0.2, -0.15) is 0 Å². The molecule has 2 fully saturated rings. The molecule has 0 bridgehead atoms. The smallest absolute Gasteiger partial charge is 0.316 e. The van der Waals surface area contributed by atoms with Crippen molar-refractivity contribution < 1.29 is 9.59 Å². The summed E-state index contributed by atoms with van der Waals surface area (Å²) in [4.78, 5) is 30.3. The molecule has 0 N–H and O–H groups in total. The predicted octanol–water partition coefficient (Wildman–Crippen LogP) is 5.55. The number of alkyl halides is 1. The molecule has 4 rings (SSSR count). The van der Waals surface area contributed by atoms with Crippen LogP contribution in [0.15, 0.2) is 48.5 Å². The molecule has 3 atom stereocenters. The first-order valence-electron chi connectivity index (χ1n) is 9.54. The minimum Gasteiger partial charge on any atom is -0.316 e. The van der Waals surface area contributed by atoms with Crippen molar-refractivity contribution in [2.75, 3.05) is 4.90 Å². The number of fused-ring (bicyclic) bond motifs is 1. The maximum Gasteiger partial charge on any atom is 0.331 e. The van der Waals surface area contributed by atoms with Crippen molar-refractivity contribution in [3.05, 3.63) is 64.7 Å². The van der Waals surface area contributed by atoms with Crippen LogP contribution in [0.2, 0.25) is 5.02 Å². The summed E-state index contributed by atoms with van der Waals surface area (Å²) in [6, 6.07) is 14.7. The molecule has 1 aliphatic heterocycles. The Kier molecular flexibility index (Phi) is 5.48. The summed E-state index contributed by atoms with van der Waals surface area (Å²) in [6.45, 7) is 2.57. The van der Waals surface area contributed by atoms with Gasteiger partial charge in [0.05, 0.1) is 11.6 Å². The van der Waals surface area contributed by atoms with Gasteiger partial charge in [0.25, 0.3) is 0 Å². The van der Waals surface area contributed by atoms with Crippen molar-refractivity contribution in [1.82, 2.24) is 4.90 Å². The molecule has 1 heterocycles. The molecule has 6 heteroatoms. The Labute approximate surface area is 178 Å². The lowest BCUT2D eigenvalue weighted by Gasteiger charge is -2.47. The molecular weight excluding hydrogens is 440 g/mol. The largest absolute Gasteiger partial charge is 0.331 e. The molecule has 0 spiro atoms. The predicted molar refractivity (Wildman–Crippen MR) is 115 cm³/mol. The standard InChI is InChI=1S/C22H22BrClN2O2/c1-14-4-2-3-5-15(14)13-25-20-11-6-16(23)12-19(20)21(27)26(22(25)28)18-9-7-17(24)8-10-18/h2-5,7-10,16,19-20H,6,11-13H2,1H3. The molecule has 2 aliphatic rings. The van der Waals surface area contributed by atoms with Crippen LogP contribution in [0.1, 0.15) is 30.4 Å². The fourth-order valence-electron chi connectivity index (χ4n) is 4.26. The van der Waals surface area contributed by atoms with Gasteiger partial charge in [0.1, 0.15) is 0 Å². The Bertz CT molecular complexity index is 902. The molecule has 4 nitrogen and oxygen atoms in total. The number of amides is 3. The van der Waals surface area contributed by atoms with Gasteiger partial charge in [-0.25, -0.2) is 9.69 Å². The van der Waals surface area contributed by atoms with E-state index < -0.39 is 0 Å². The SMILES string of the molecule is Cc1ccccc1CN1C(=O)N(c2ccc(Cl)cc2)C(=O)C2CC(Br)CCC21. The maximum atomic E-state index is 13.5. The second kappa shape index (κ2) is 7.88. The molecule has 1 aliphatic carbocycles. The average molecular weight is 462 g/mol. The number of halogens is 2. The number of aryl methyl sites for hydroxylation is 1. The summed E-state index contributed by atoms with van der Waals surface area (Å²) in [6.07, 6.45) is 2.54. The van der Waals surface area contributed by atoms with Crippen molar-refractivity contribution >= 4 is 45.2 Å². The molecule has 2 aromatic carbocycles. The zero-order valence-electron chi connectivity index (χ0n) is 15.6. The van der Waals surface area contributed by atoms with Crippen molar-refractivity contribution in [2.24, 2.45) is 5.92 Å². The third-order valence-corrected chi connectivity index (χ3v) is 6.90. The summed E-state index contributed by atoms with van der Waals surface area (Å²) in [5.74, 6) is -0.307. The third kappa shape index (κ3) is 3.58. The maximum absolute atomic E-state index is 13.5. The number of hydrogen-bond acceptors (Lipinski definition) is 2. The fraction of sp³-hybridized carbons (Fsp3) is 0.364. The van der Waals surface area contributed by atoms with E-state index >= 15 is 0 Å². The lowest BCUT2D eigenvalue weighted by atomic mass is 9.80. The lowest BCUT2D eigenvalue weighted by molar-refractivity contribution is -0.126. The first kappa shape index (κ1) is 19.5. The van der Waals surface area contributed by atoms with Crippen molar-refractivity contribution in [3.8, 4) is 0 Å². The summed E-state index contributed by atoms with van der Waals surface area (Å²) >= 11 is 9.69. The van der Waals surface area contributed by atoms with Crippen LogP contribution >= 0.6 is 27.5 Å². The van der Waals surface area contributed by atoms with Crippen LogP contribution in [-0.2, 0) is 11.3 Å². The van der Waals surface area contributed by atoms with E-state index in [1.165, 1.54) is 4.90 Å². The lowest BCUT2D eigenvalue weighted by Crippen LogP contribution is -2.63. The third-order valence-electron chi connectivity index (χ3n) is 5.81. The van der Waals surface area contributed by atoms with Crippen LogP contribution in [0.25, 0.3) is 0 Å². The van der Waals surface area contributed by atoms with Gasteiger partial charge in [-0.3, -0.25) is 4.79 Å². The minimum atomic E-state index is -0.246. The van der Waals surface area contributed by atoms with Crippen LogP contribution in [0.5, 0.6) is 0 Å². The van der Waals surface area contributed by atoms with Gasteiger partial charge < -0.3 is 4.90 Å². The van der Waals surface area contributed by atoms with Crippen molar-refractivity contribution in [2.45, 2.75) is 43.6 Å². The Balaban J connectivity index is 1.72. The highest BCUT2D eigenvalue weighted by Gasteiger charge is 2.48. The van der Waals surface area contributed by atoms with Gasteiger partial charge in [0, 0.05) is 22.4 Å². The summed E-state index contributed by atoms with van der Waals surface area (Å²) < 4.78 is 0. The topological polar surface area (TPSA) is 40.6 Å². The van der Waals surface area contributed by atoms with E-state index in [0.29, 0.717) is 22.1 Å². The highest BCUT2D eigenvalue weighted by molar-refractivity contribution is 9.09. The Hall–Kier alpha value is -1.85. The van der Waals surface area contributed by atoms with Gasteiger partial charge in [-0.1, -0.05) is 51.8 Å². The number of carbonyl (C=O) groups is 2. The molecule has 2 aromatic rings. The second-order valence-electron chi connectivity index (χ2n) is 7.57. The number of urea groups is 1. The van der Waals surface area contributed by atoms with E-state index in [4.69, 9.17) is 11.6 Å². The zero-order valence-corrected chi connectivity index (χ0v) is 18.0. The molecule has 0 aromatic heterocycles. The van der Waals surface area contributed by atoms with E-state index in [1.54, 1.807) is 24.3 Å². The fourth-order valence-corrected chi connectivity index (χ4v) is 5.05. The van der Waals surface area contributed by atoms with Gasteiger partial charge in [-0.05, 0) is 61.6 Å². The molecule has 146 valence electrons. The van der Waals surface area contributed by atoms with Gasteiger partial charge in [-0.15, -0.1) is 0 Å². The Morgan fingerprint density at radius 1 is 1.07 bits per heavy atom. The van der Waals surface area contributed by atoms with Gasteiger partial charge >= 0.3 is 6.03 Å². The number of benzene rings is 2. The van der Waals surface area contributed by atoms with Crippen LogP contribution < -0.4 is 4.90 Å². The molecular formula is C22H22BrClN2O2. The first-order chi connectivity index (χ1) is 13.5. The molecule has 1 saturated heterocycles. The van der Waals surface area contributed by atoms with Crippen molar-refractivity contribution in [1.29, 1.82) is 0 Å². The monoisotopic (exact) mass is 460 g/mol. The number of carbonyl (C=O) groups excluding carboxylic acids is 2. The van der Waals surface area contributed by atoms with Gasteiger partial charge in [0.15, 0.2) is 0 Å². The van der Waals surface area contributed by atoms with E-state index in [9.17, 15) is 9.59 Å². The molecule has 0 radical (unpaired) electrons. The van der Waals surface area contributed by atoms with E-state index in [0.717, 1.165) is 30.4 Å². The summed E-state index contributed by atoms with van der Waals surface area (Å²) in [5, 5.41) is 0.577. The van der Waals surface area contributed by atoms with Crippen LogP contribution in [0.4, 0.5) is 10.5 Å². The van der Waals surface area contributed by atoms with E-state index in [2.05, 4.69) is 35.0 Å². The first-order valence-corrected chi connectivity index (χ1v) is 10.8. The molecule has 3 unspecified atom stereocenters. The van der Waals surface area contributed by atoms with E-state index in [-0.39, 0.29) is 23.9 Å². The number of anilines is 1. The van der Waals surface area contributed by atoms with Crippen molar-refractivity contribution in [3.63, 3.8) is 0 Å². The Morgan fingerprint density at radius 2 is 1.79 bits per heavy atom. The summed E-state index contributed by atoms with van der Waals surface area (Å²) in [5.41, 5.74) is 2.83. The van der Waals surface area contributed by atoms with Crippen LogP contribution in [-0.4, -0.2) is 27.7 Å². The highest BCUT2D eigenvalue weighted by Crippen LogP contribution is 2.39. The second-order valence-corrected chi connectivity index (χ2v) is 9.30. The van der Waals surface area contributed by atoms with Gasteiger partial charge in [0.2, 0.25) is 5.91 Å². The number of rotatable bonds is 3. The minimum absolute atomic E-state index is 0.0584. The Morgan fingerprint density at radius 3 is 2.50 bits per heavy atom. The van der Waals surface area contributed by atoms with Crippen LogP contribution in [0.3, 0.4) is 0 Å². The number of hydrogen-bond donors (Lipinski definition) is 0. The average Bonchev–Trinajstić information content (AvgIpc) is 2.68. The van der Waals surface area contributed by atoms with E-state index in [1.807, 2.05) is 17.0 Å². The number of imide groups is 1. The van der Waals surface area contributed by atoms with Crippen LogP contribution in [0, 0.1) is 12.8 Å². The zero-order chi connectivity index (χ0) is 19.8. The number of nitrogens with zero attached hydrogens (tertiary/aromatic N) is 2. The molecule has 3 amide bonds. The molecule has 1 saturated carbocycles.